The molecular weight excluding hydrogens is 370 g/mol. The van der Waals surface area contributed by atoms with Gasteiger partial charge in [0.25, 0.3) is 11.8 Å². The average molecular weight is 388 g/mol. The smallest absolute Gasteiger partial charge is 0.271 e. The van der Waals surface area contributed by atoms with E-state index < -0.39 is 5.91 Å². The summed E-state index contributed by atoms with van der Waals surface area (Å²) in [5, 5.41) is 0.307. The molecule has 27 heavy (non-hydrogen) atoms. The fraction of sp³-hybridized carbons (Fsp3) is 0.158. The lowest BCUT2D eigenvalue weighted by molar-refractivity contribution is -0.123. The van der Waals surface area contributed by atoms with Gasteiger partial charge in [-0.05, 0) is 36.4 Å². The maximum Gasteiger partial charge on any atom is 0.271 e. The van der Waals surface area contributed by atoms with Crippen LogP contribution in [0.2, 0.25) is 5.02 Å². The lowest BCUT2D eigenvalue weighted by atomic mass is 10.2. The predicted octanol–water partition coefficient (Wildman–Crippen LogP) is 2.99. The lowest BCUT2D eigenvalue weighted by Gasteiger charge is -2.19. The number of benzene rings is 1. The van der Waals surface area contributed by atoms with E-state index in [1.165, 1.54) is 0 Å². The Morgan fingerprint density at radius 2 is 1.52 bits per heavy atom. The van der Waals surface area contributed by atoms with Crippen molar-refractivity contribution in [3.05, 3.63) is 83.2 Å². The highest BCUT2D eigenvalue weighted by Crippen LogP contribution is 2.14. The van der Waals surface area contributed by atoms with Crippen molar-refractivity contribution in [2.45, 2.75) is 13.1 Å². The molecule has 0 fully saturated rings. The van der Waals surface area contributed by atoms with Gasteiger partial charge in [-0.25, -0.2) is 0 Å². The van der Waals surface area contributed by atoms with Crippen LogP contribution in [0.25, 0.3) is 0 Å². The first kappa shape index (κ1) is 18.8. The molecule has 0 aliphatic heterocycles. The first-order valence-corrected chi connectivity index (χ1v) is 8.60. The largest absolute Gasteiger partial charge is 0.468 e. The van der Waals surface area contributed by atoms with Crippen LogP contribution in [0.4, 0.5) is 0 Å². The number of hydrogen-bond donors (Lipinski definition) is 2. The van der Waals surface area contributed by atoms with Gasteiger partial charge >= 0.3 is 0 Å². The summed E-state index contributed by atoms with van der Waals surface area (Å²) in [6, 6.07) is 13.8. The average Bonchev–Trinajstić information content (AvgIpc) is 3.34. The maximum absolute atomic E-state index is 12.3. The van der Waals surface area contributed by atoms with Crippen LogP contribution in [-0.4, -0.2) is 23.3 Å². The fourth-order valence-corrected chi connectivity index (χ4v) is 2.72. The third-order valence-corrected chi connectivity index (χ3v) is 4.05. The molecule has 2 N–H and O–H groups in total. The Bertz CT molecular complexity index is 842. The van der Waals surface area contributed by atoms with Crippen LogP contribution in [0, 0.1) is 0 Å². The number of hydrogen-bond acceptors (Lipinski definition) is 5. The third kappa shape index (κ3) is 5.47. The van der Waals surface area contributed by atoms with Crippen LogP contribution in [0.1, 0.15) is 21.9 Å². The Balaban J connectivity index is 1.56. The zero-order valence-electron chi connectivity index (χ0n) is 14.4. The van der Waals surface area contributed by atoms with Gasteiger partial charge < -0.3 is 8.83 Å². The van der Waals surface area contributed by atoms with Crippen LogP contribution in [0.3, 0.4) is 0 Å². The first-order chi connectivity index (χ1) is 13.1. The molecular formula is C19H18ClN3O4. The van der Waals surface area contributed by atoms with Gasteiger partial charge in [-0.3, -0.25) is 25.3 Å². The number of halogens is 1. The standard InChI is InChI=1S/C19H18ClN3O4/c20-17-8-2-1-7-16(17)19(25)22-21-18(24)13-23(11-14-5-3-9-26-14)12-15-6-4-10-27-15/h1-10H,11-13H2,(H,21,24)(H,22,25). The molecule has 0 aliphatic rings. The quantitative estimate of drug-likeness (QED) is 0.608. The van der Waals surface area contributed by atoms with E-state index in [1.54, 1.807) is 48.9 Å². The van der Waals surface area contributed by atoms with Crippen molar-refractivity contribution in [3.63, 3.8) is 0 Å². The number of hydrazine groups is 1. The maximum atomic E-state index is 12.3. The molecule has 0 aliphatic carbocycles. The molecule has 7 nitrogen and oxygen atoms in total. The number of furan rings is 2. The van der Waals surface area contributed by atoms with Gasteiger partial charge in [0.2, 0.25) is 0 Å². The normalized spacial score (nSPS) is 10.7. The third-order valence-electron chi connectivity index (χ3n) is 3.72. The molecule has 1 aromatic carbocycles. The summed E-state index contributed by atoms with van der Waals surface area (Å²) < 4.78 is 10.7. The van der Waals surface area contributed by atoms with E-state index in [9.17, 15) is 9.59 Å². The highest BCUT2D eigenvalue weighted by molar-refractivity contribution is 6.33. The number of carbonyl (C=O) groups is 2. The second kappa shape index (κ2) is 9.07. The minimum Gasteiger partial charge on any atom is -0.468 e. The zero-order chi connectivity index (χ0) is 19.1. The van der Waals surface area contributed by atoms with Crippen molar-refractivity contribution in [2.24, 2.45) is 0 Å². The van der Waals surface area contributed by atoms with E-state index in [2.05, 4.69) is 10.9 Å². The Labute approximate surface area is 160 Å². The molecule has 2 aromatic heterocycles. The highest BCUT2D eigenvalue weighted by Gasteiger charge is 2.16. The minimum absolute atomic E-state index is 0.0319. The van der Waals surface area contributed by atoms with Gasteiger partial charge in [-0.2, -0.15) is 0 Å². The topological polar surface area (TPSA) is 87.7 Å². The van der Waals surface area contributed by atoms with E-state index in [0.717, 1.165) is 11.5 Å². The van der Waals surface area contributed by atoms with E-state index in [0.29, 0.717) is 18.1 Å². The zero-order valence-corrected chi connectivity index (χ0v) is 15.1. The van der Waals surface area contributed by atoms with Crippen LogP contribution >= 0.6 is 11.6 Å². The molecule has 2 amide bonds. The van der Waals surface area contributed by atoms with Crippen LogP contribution in [-0.2, 0) is 17.9 Å². The predicted molar refractivity (Wildman–Crippen MR) is 98.6 cm³/mol. The van der Waals surface area contributed by atoms with Crippen molar-refractivity contribution >= 4 is 23.4 Å². The van der Waals surface area contributed by atoms with Gasteiger partial charge in [0.1, 0.15) is 11.5 Å². The first-order valence-electron chi connectivity index (χ1n) is 8.22. The summed E-state index contributed by atoms with van der Waals surface area (Å²) >= 11 is 5.98. The van der Waals surface area contributed by atoms with Gasteiger partial charge in [-0.1, -0.05) is 23.7 Å². The van der Waals surface area contributed by atoms with Gasteiger partial charge in [0.05, 0.1) is 42.7 Å². The Morgan fingerprint density at radius 1 is 0.889 bits per heavy atom. The lowest BCUT2D eigenvalue weighted by Crippen LogP contribution is -2.46. The van der Waals surface area contributed by atoms with Crippen molar-refractivity contribution in [2.75, 3.05) is 6.54 Å². The van der Waals surface area contributed by atoms with E-state index in [4.69, 9.17) is 20.4 Å². The molecule has 0 spiro atoms. The van der Waals surface area contributed by atoms with Crippen molar-refractivity contribution in [1.82, 2.24) is 15.8 Å². The number of nitrogens with zero attached hydrogens (tertiary/aromatic N) is 1. The molecule has 0 saturated heterocycles. The minimum atomic E-state index is -0.488. The summed E-state index contributed by atoms with van der Waals surface area (Å²) in [7, 11) is 0. The molecule has 3 rings (SSSR count). The fourth-order valence-electron chi connectivity index (χ4n) is 2.50. The summed E-state index contributed by atoms with van der Waals surface area (Å²) in [5.41, 5.74) is 5.04. The molecule has 3 aromatic rings. The molecule has 0 unspecified atom stereocenters. The van der Waals surface area contributed by atoms with E-state index in [1.807, 2.05) is 17.0 Å². The van der Waals surface area contributed by atoms with E-state index >= 15 is 0 Å². The monoisotopic (exact) mass is 387 g/mol. The van der Waals surface area contributed by atoms with Crippen molar-refractivity contribution < 1.29 is 18.4 Å². The second-order valence-corrected chi connectivity index (χ2v) is 6.19. The number of amides is 2. The summed E-state index contributed by atoms with van der Waals surface area (Å²) in [5.74, 6) is 0.565. The molecule has 140 valence electrons. The number of nitrogens with one attached hydrogen (secondary N) is 2. The number of rotatable bonds is 7. The molecule has 0 saturated carbocycles. The number of carbonyl (C=O) groups excluding carboxylic acids is 2. The van der Waals surface area contributed by atoms with E-state index in [-0.39, 0.29) is 18.0 Å². The molecule has 0 bridgehead atoms. The molecule has 8 heteroatoms. The SMILES string of the molecule is O=C(CN(Cc1ccco1)Cc1ccco1)NNC(=O)c1ccccc1Cl. The van der Waals surface area contributed by atoms with Gasteiger partial charge in [0.15, 0.2) is 0 Å². The van der Waals surface area contributed by atoms with Crippen LogP contribution in [0.5, 0.6) is 0 Å². The molecule has 0 radical (unpaired) electrons. The molecule has 2 heterocycles. The van der Waals surface area contributed by atoms with Crippen molar-refractivity contribution in [3.8, 4) is 0 Å². The van der Waals surface area contributed by atoms with Crippen LogP contribution < -0.4 is 10.9 Å². The Morgan fingerprint density at radius 3 is 2.07 bits per heavy atom. The highest BCUT2D eigenvalue weighted by atomic mass is 35.5. The Kier molecular flexibility index (Phi) is 6.30. The Hall–Kier alpha value is -3.03. The van der Waals surface area contributed by atoms with Crippen LogP contribution in [0.15, 0.2) is 69.9 Å². The summed E-state index contributed by atoms with van der Waals surface area (Å²) in [6.45, 7) is 0.864. The molecule has 0 atom stereocenters. The summed E-state index contributed by atoms with van der Waals surface area (Å²) in [6.07, 6.45) is 3.15. The van der Waals surface area contributed by atoms with Crippen molar-refractivity contribution in [1.29, 1.82) is 0 Å². The second-order valence-electron chi connectivity index (χ2n) is 5.79. The van der Waals surface area contributed by atoms with Gasteiger partial charge in [-0.15, -0.1) is 0 Å². The summed E-state index contributed by atoms with van der Waals surface area (Å²) in [4.78, 5) is 26.2. The van der Waals surface area contributed by atoms with Gasteiger partial charge in [0, 0.05) is 0 Å².